The van der Waals surface area contributed by atoms with E-state index >= 15 is 0 Å². The van der Waals surface area contributed by atoms with Crippen molar-refractivity contribution >= 4 is 33.2 Å². The molecule has 0 unspecified atom stereocenters. The number of ether oxygens (including phenoxy) is 2. The van der Waals surface area contributed by atoms with Crippen LogP contribution in [0, 0.1) is 0 Å². The first-order valence-corrected chi connectivity index (χ1v) is 10.5. The lowest BCUT2D eigenvalue weighted by Gasteiger charge is -2.21. The molecule has 1 heterocycles. The molecule has 9 heteroatoms. The Hall–Kier alpha value is -2.45. The molecule has 7 nitrogen and oxygen atoms in total. The Labute approximate surface area is 162 Å². The van der Waals surface area contributed by atoms with Gasteiger partial charge in [0.2, 0.25) is 10.0 Å². The molecule has 0 radical (unpaired) electrons. The van der Waals surface area contributed by atoms with Crippen LogP contribution in [0.1, 0.15) is 28.9 Å². The van der Waals surface area contributed by atoms with Crippen LogP contribution in [0.5, 0.6) is 11.5 Å². The van der Waals surface area contributed by atoms with Crippen LogP contribution < -0.4 is 19.5 Å². The number of anilines is 1. The highest BCUT2D eigenvalue weighted by Gasteiger charge is 2.18. The smallest absolute Gasteiger partial charge is 0.253 e. The molecule has 2 aromatic rings. The molecule has 0 saturated heterocycles. The molecule has 2 N–H and O–H groups in total. The highest BCUT2D eigenvalue weighted by molar-refractivity contribution is 7.92. The third-order valence-electron chi connectivity index (χ3n) is 3.93. The normalized spacial score (nSPS) is 14.3. The molecule has 144 valence electrons. The fourth-order valence-electron chi connectivity index (χ4n) is 2.66. The van der Waals surface area contributed by atoms with E-state index < -0.39 is 15.9 Å². The van der Waals surface area contributed by atoms with Gasteiger partial charge in [0.1, 0.15) is 13.2 Å². The average molecular weight is 411 g/mol. The molecule has 2 aromatic carbocycles. The van der Waals surface area contributed by atoms with Crippen molar-refractivity contribution in [3.05, 3.63) is 52.5 Å². The van der Waals surface area contributed by atoms with Gasteiger partial charge in [0, 0.05) is 5.69 Å². The number of hydrogen-bond acceptors (Lipinski definition) is 5. The van der Waals surface area contributed by atoms with Gasteiger partial charge in [-0.1, -0.05) is 17.7 Å². The van der Waals surface area contributed by atoms with Gasteiger partial charge in [-0.2, -0.15) is 0 Å². The molecular weight excluding hydrogens is 392 g/mol. The largest absolute Gasteiger partial charge is 0.486 e. The van der Waals surface area contributed by atoms with Crippen LogP contribution in [0.2, 0.25) is 5.02 Å². The third kappa shape index (κ3) is 4.84. The van der Waals surface area contributed by atoms with Crippen LogP contribution in [-0.2, 0) is 10.0 Å². The summed E-state index contributed by atoms with van der Waals surface area (Å²) >= 11 is 6.11. The standard InChI is InChI=1S/C18H19ClN2O5S/c1-11(12-3-6-16-17(9-12)26-8-7-25-16)20-18(22)14-10-13(4-5-15(14)19)21-27(2,23)24/h3-6,9-11,21H,7-8H2,1-2H3,(H,20,22)/t11-/m0/s1. The second kappa shape index (κ2) is 7.66. The maximum atomic E-state index is 12.6. The van der Waals surface area contributed by atoms with Gasteiger partial charge in [-0.05, 0) is 42.8 Å². The Morgan fingerprint density at radius 3 is 2.52 bits per heavy atom. The molecule has 1 aliphatic heterocycles. The van der Waals surface area contributed by atoms with Gasteiger partial charge in [0.25, 0.3) is 5.91 Å². The zero-order valence-electron chi connectivity index (χ0n) is 14.8. The van der Waals surface area contributed by atoms with Gasteiger partial charge in [-0.25, -0.2) is 8.42 Å². The van der Waals surface area contributed by atoms with E-state index in [0.29, 0.717) is 24.7 Å². The first-order valence-electron chi connectivity index (χ1n) is 8.21. The maximum absolute atomic E-state index is 12.6. The molecule has 3 rings (SSSR count). The zero-order chi connectivity index (χ0) is 19.6. The van der Waals surface area contributed by atoms with Gasteiger partial charge in [-0.15, -0.1) is 0 Å². The van der Waals surface area contributed by atoms with Crippen molar-refractivity contribution in [3.8, 4) is 11.5 Å². The number of sulfonamides is 1. The number of amides is 1. The molecule has 1 atom stereocenters. The number of benzene rings is 2. The first kappa shape index (κ1) is 19.3. The molecule has 27 heavy (non-hydrogen) atoms. The van der Waals surface area contributed by atoms with Crippen LogP contribution in [-0.4, -0.2) is 33.8 Å². The number of carbonyl (C=O) groups is 1. The molecule has 0 saturated carbocycles. The zero-order valence-corrected chi connectivity index (χ0v) is 16.4. The lowest BCUT2D eigenvalue weighted by molar-refractivity contribution is 0.0940. The number of halogens is 1. The first-order chi connectivity index (χ1) is 12.7. The number of rotatable bonds is 5. The topological polar surface area (TPSA) is 93.7 Å². The number of fused-ring (bicyclic) bond motifs is 1. The molecule has 1 amide bonds. The predicted octanol–water partition coefficient (Wildman–Crippen LogP) is 2.97. The minimum Gasteiger partial charge on any atom is -0.486 e. The van der Waals surface area contributed by atoms with Crippen LogP contribution in [0.15, 0.2) is 36.4 Å². The maximum Gasteiger partial charge on any atom is 0.253 e. The van der Waals surface area contributed by atoms with Crippen molar-refractivity contribution in [1.82, 2.24) is 5.32 Å². The van der Waals surface area contributed by atoms with Gasteiger partial charge in [0.05, 0.1) is 22.9 Å². The van der Waals surface area contributed by atoms with Gasteiger partial charge >= 0.3 is 0 Å². The Bertz CT molecular complexity index is 978. The van der Waals surface area contributed by atoms with Crippen LogP contribution in [0.3, 0.4) is 0 Å². The number of carbonyl (C=O) groups excluding carboxylic acids is 1. The van der Waals surface area contributed by atoms with Gasteiger partial charge in [-0.3, -0.25) is 9.52 Å². The quantitative estimate of drug-likeness (QED) is 0.790. The monoisotopic (exact) mass is 410 g/mol. The van der Waals surface area contributed by atoms with E-state index in [2.05, 4.69) is 10.0 Å². The second-order valence-corrected chi connectivity index (χ2v) is 8.32. The average Bonchev–Trinajstić information content (AvgIpc) is 2.61. The molecule has 0 aromatic heterocycles. The minimum atomic E-state index is -3.46. The van der Waals surface area contributed by atoms with E-state index in [1.807, 2.05) is 19.1 Å². The van der Waals surface area contributed by atoms with Crippen molar-refractivity contribution in [2.24, 2.45) is 0 Å². The van der Waals surface area contributed by atoms with Crippen molar-refractivity contribution < 1.29 is 22.7 Å². The summed E-state index contributed by atoms with van der Waals surface area (Å²) in [7, 11) is -3.46. The van der Waals surface area contributed by atoms with E-state index in [1.165, 1.54) is 18.2 Å². The molecular formula is C18H19ClN2O5S. The van der Waals surface area contributed by atoms with Crippen molar-refractivity contribution in [3.63, 3.8) is 0 Å². The SMILES string of the molecule is C[C@H](NC(=O)c1cc(NS(C)(=O)=O)ccc1Cl)c1ccc2c(c1)OCCO2. The van der Waals surface area contributed by atoms with E-state index in [1.54, 1.807) is 6.07 Å². The molecule has 0 bridgehead atoms. The Morgan fingerprint density at radius 1 is 1.11 bits per heavy atom. The lowest BCUT2D eigenvalue weighted by Crippen LogP contribution is -2.27. The van der Waals surface area contributed by atoms with Crippen LogP contribution in [0.25, 0.3) is 0 Å². The van der Waals surface area contributed by atoms with Crippen LogP contribution in [0.4, 0.5) is 5.69 Å². The fourth-order valence-corrected chi connectivity index (χ4v) is 3.42. The molecule has 1 aliphatic rings. The van der Waals surface area contributed by atoms with Gasteiger partial charge < -0.3 is 14.8 Å². The number of hydrogen-bond donors (Lipinski definition) is 2. The summed E-state index contributed by atoms with van der Waals surface area (Å²) in [5.74, 6) is 0.892. The van der Waals surface area contributed by atoms with E-state index in [4.69, 9.17) is 21.1 Å². The van der Waals surface area contributed by atoms with E-state index in [9.17, 15) is 13.2 Å². The molecule has 0 fully saturated rings. The minimum absolute atomic E-state index is 0.176. The van der Waals surface area contributed by atoms with Crippen molar-refractivity contribution in [1.29, 1.82) is 0 Å². The van der Waals surface area contributed by atoms with Crippen molar-refractivity contribution in [2.45, 2.75) is 13.0 Å². The fraction of sp³-hybridized carbons (Fsp3) is 0.278. The van der Waals surface area contributed by atoms with Crippen LogP contribution >= 0.6 is 11.6 Å². The van der Waals surface area contributed by atoms with E-state index in [-0.39, 0.29) is 22.3 Å². The summed E-state index contributed by atoms with van der Waals surface area (Å²) < 4.78 is 36.1. The number of nitrogens with one attached hydrogen (secondary N) is 2. The molecule has 0 spiro atoms. The Morgan fingerprint density at radius 2 is 1.81 bits per heavy atom. The summed E-state index contributed by atoms with van der Waals surface area (Å²) in [4.78, 5) is 12.6. The van der Waals surface area contributed by atoms with Gasteiger partial charge in [0.15, 0.2) is 11.5 Å². The Balaban J connectivity index is 1.77. The third-order valence-corrected chi connectivity index (χ3v) is 4.86. The predicted molar refractivity (Wildman–Crippen MR) is 103 cm³/mol. The summed E-state index contributed by atoms with van der Waals surface area (Å²) in [6.45, 7) is 2.82. The Kier molecular flexibility index (Phi) is 5.48. The summed E-state index contributed by atoms with van der Waals surface area (Å²) in [5.41, 5.74) is 1.28. The summed E-state index contributed by atoms with van der Waals surface area (Å²) in [6.07, 6.45) is 1.03. The second-order valence-electron chi connectivity index (χ2n) is 6.17. The molecule has 0 aliphatic carbocycles. The summed E-state index contributed by atoms with van der Waals surface area (Å²) in [5, 5.41) is 3.08. The summed E-state index contributed by atoms with van der Waals surface area (Å²) in [6, 6.07) is 9.51. The highest BCUT2D eigenvalue weighted by atomic mass is 35.5. The lowest BCUT2D eigenvalue weighted by atomic mass is 10.1. The van der Waals surface area contributed by atoms with E-state index in [0.717, 1.165) is 11.8 Å². The highest BCUT2D eigenvalue weighted by Crippen LogP contribution is 2.32. The van der Waals surface area contributed by atoms with Crippen molar-refractivity contribution in [2.75, 3.05) is 24.2 Å².